The number of fused-ring (bicyclic) bond motifs is 1. The van der Waals surface area contributed by atoms with Gasteiger partial charge in [-0.15, -0.1) is 0 Å². The second kappa shape index (κ2) is 4.85. The van der Waals surface area contributed by atoms with E-state index in [9.17, 15) is 9.59 Å². The Hall–Kier alpha value is -2.14. The summed E-state index contributed by atoms with van der Waals surface area (Å²) in [6, 6.07) is 10.2. The lowest BCUT2D eigenvalue weighted by molar-refractivity contribution is 0.240. The molecule has 2 N–H and O–H groups in total. The van der Waals surface area contributed by atoms with E-state index in [-0.39, 0.29) is 5.56 Å². The van der Waals surface area contributed by atoms with E-state index in [2.05, 4.69) is 27.0 Å². The van der Waals surface area contributed by atoms with Crippen molar-refractivity contribution in [2.45, 2.75) is 19.5 Å². The predicted octanol–water partition coefficient (Wildman–Crippen LogP) is 0.621. The maximum absolute atomic E-state index is 11.7. The van der Waals surface area contributed by atoms with Crippen LogP contribution < -0.4 is 11.2 Å². The standard InChI is InChI=1S/C14H15N3O2/c18-13-11-6-7-17(8-10-4-2-1-3-5-10)9-12(11)15-14(19)16-13/h1-5H,6-9H2,(H2,15,16,18,19). The molecule has 3 rings (SSSR count). The fourth-order valence-electron chi connectivity index (χ4n) is 2.51. The van der Waals surface area contributed by atoms with E-state index in [1.807, 2.05) is 18.2 Å². The third kappa shape index (κ3) is 2.51. The molecule has 0 bridgehead atoms. The van der Waals surface area contributed by atoms with E-state index in [0.717, 1.165) is 18.8 Å². The quantitative estimate of drug-likeness (QED) is 0.828. The minimum absolute atomic E-state index is 0.252. The summed E-state index contributed by atoms with van der Waals surface area (Å²) >= 11 is 0. The molecule has 0 atom stereocenters. The summed E-state index contributed by atoms with van der Waals surface area (Å²) in [4.78, 5) is 30.2. The Morgan fingerprint density at radius 2 is 1.89 bits per heavy atom. The van der Waals surface area contributed by atoms with Gasteiger partial charge in [-0.3, -0.25) is 14.7 Å². The molecule has 98 valence electrons. The van der Waals surface area contributed by atoms with Gasteiger partial charge in [0, 0.05) is 30.9 Å². The Kier molecular flexibility index (Phi) is 3.05. The maximum atomic E-state index is 11.7. The lowest BCUT2D eigenvalue weighted by atomic mass is 10.1. The van der Waals surface area contributed by atoms with Crippen LogP contribution in [0, 0.1) is 0 Å². The molecular weight excluding hydrogens is 242 g/mol. The van der Waals surface area contributed by atoms with Crippen molar-refractivity contribution < 1.29 is 0 Å². The smallest absolute Gasteiger partial charge is 0.310 e. The third-order valence-electron chi connectivity index (χ3n) is 3.44. The molecule has 0 saturated heterocycles. The van der Waals surface area contributed by atoms with Gasteiger partial charge in [0.1, 0.15) is 0 Å². The first-order valence-corrected chi connectivity index (χ1v) is 6.33. The molecule has 2 aromatic rings. The Labute approximate surface area is 109 Å². The van der Waals surface area contributed by atoms with Crippen molar-refractivity contribution in [1.29, 1.82) is 0 Å². The molecule has 5 heteroatoms. The number of hydrogen-bond acceptors (Lipinski definition) is 3. The summed E-state index contributed by atoms with van der Waals surface area (Å²) in [5.41, 5.74) is 2.02. The van der Waals surface area contributed by atoms with Crippen molar-refractivity contribution in [2.24, 2.45) is 0 Å². The molecule has 1 aromatic heterocycles. The summed E-state index contributed by atoms with van der Waals surface area (Å²) in [6.45, 7) is 2.27. The van der Waals surface area contributed by atoms with Crippen LogP contribution in [0.4, 0.5) is 0 Å². The molecule has 1 aliphatic rings. The Morgan fingerprint density at radius 3 is 2.68 bits per heavy atom. The average molecular weight is 257 g/mol. The number of hydrogen-bond donors (Lipinski definition) is 2. The summed E-state index contributed by atoms with van der Waals surface area (Å²) in [6.07, 6.45) is 0.675. The van der Waals surface area contributed by atoms with Crippen LogP contribution in [-0.2, 0) is 19.5 Å². The Morgan fingerprint density at radius 1 is 1.11 bits per heavy atom. The molecular formula is C14H15N3O2. The molecule has 5 nitrogen and oxygen atoms in total. The lowest BCUT2D eigenvalue weighted by Gasteiger charge is -2.27. The van der Waals surface area contributed by atoms with Crippen molar-refractivity contribution >= 4 is 0 Å². The maximum Gasteiger partial charge on any atom is 0.325 e. The molecule has 0 fully saturated rings. The number of H-pyrrole nitrogens is 2. The largest absolute Gasteiger partial charge is 0.325 e. The summed E-state index contributed by atoms with van der Waals surface area (Å²) < 4.78 is 0. The van der Waals surface area contributed by atoms with Crippen LogP contribution in [0.3, 0.4) is 0 Å². The van der Waals surface area contributed by atoms with Crippen LogP contribution in [0.2, 0.25) is 0 Å². The first-order valence-electron chi connectivity index (χ1n) is 6.33. The first-order chi connectivity index (χ1) is 9.22. The number of nitrogens with zero attached hydrogens (tertiary/aromatic N) is 1. The molecule has 1 aliphatic heterocycles. The second-order valence-corrected chi connectivity index (χ2v) is 4.81. The van der Waals surface area contributed by atoms with Crippen LogP contribution in [0.5, 0.6) is 0 Å². The zero-order valence-corrected chi connectivity index (χ0v) is 10.5. The number of aromatic amines is 2. The van der Waals surface area contributed by atoms with E-state index >= 15 is 0 Å². The van der Waals surface area contributed by atoms with Gasteiger partial charge in [-0.25, -0.2) is 4.79 Å². The van der Waals surface area contributed by atoms with Crippen LogP contribution in [0.1, 0.15) is 16.8 Å². The van der Waals surface area contributed by atoms with Gasteiger partial charge in [0.2, 0.25) is 0 Å². The topological polar surface area (TPSA) is 69.0 Å². The molecule has 0 saturated carbocycles. The Bertz CT molecular complexity index is 688. The van der Waals surface area contributed by atoms with Gasteiger partial charge >= 0.3 is 5.69 Å². The SMILES string of the molecule is O=c1[nH]c2c(c(=O)[nH]1)CCN(Cc1ccccc1)C2. The van der Waals surface area contributed by atoms with Crippen molar-refractivity contribution in [3.63, 3.8) is 0 Å². The van der Waals surface area contributed by atoms with Gasteiger partial charge in [0.25, 0.3) is 5.56 Å². The normalized spacial score (nSPS) is 15.2. The van der Waals surface area contributed by atoms with Crippen LogP contribution in [0.15, 0.2) is 39.9 Å². The number of rotatable bonds is 2. The van der Waals surface area contributed by atoms with Crippen molar-refractivity contribution in [3.8, 4) is 0 Å². The van der Waals surface area contributed by atoms with Crippen LogP contribution in [-0.4, -0.2) is 21.4 Å². The summed E-state index contributed by atoms with van der Waals surface area (Å²) in [5, 5.41) is 0. The molecule has 0 spiro atoms. The molecule has 0 unspecified atom stereocenters. The second-order valence-electron chi connectivity index (χ2n) is 4.81. The zero-order chi connectivity index (χ0) is 13.2. The minimum Gasteiger partial charge on any atom is -0.310 e. The monoisotopic (exact) mass is 257 g/mol. The van der Waals surface area contributed by atoms with Gasteiger partial charge in [-0.1, -0.05) is 30.3 Å². The summed E-state index contributed by atoms with van der Waals surface area (Å²) in [7, 11) is 0. The average Bonchev–Trinajstić information content (AvgIpc) is 2.39. The highest BCUT2D eigenvalue weighted by Crippen LogP contribution is 2.15. The van der Waals surface area contributed by atoms with Crippen LogP contribution >= 0.6 is 0 Å². The molecule has 19 heavy (non-hydrogen) atoms. The highest BCUT2D eigenvalue weighted by atomic mass is 16.2. The van der Waals surface area contributed by atoms with Gasteiger partial charge < -0.3 is 4.98 Å². The lowest BCUT2D eigenvalue weighted by Crippen LogP contribution is -2.38. The van der Waals surface area contributed by atoms with Gasteiger partial charge in [0.15, 0.2) is 0 Å². The molecule has 2 heterocycles. The minimum atomic E-state index is -0.426. The predicted molar refractivity (Wildman–Crippen MR) is 71.9 cm³/mol. The molecule has 1 aromatic carbocycles. The first kappa shape index (κ1) is 11.9. The number of benzene rings is 1. The van der Waals surface area contributed by atoms with Gasteiger partial charge in [0.05, 0.1) is 0 Å². The van der Waals surface area contributed by atoms with Gasteiger partial charge in [-0.2, -0.15) is 0 Å². The van der Waals surface area contributed by atoms with Crippen molar-refractivity contribution in [3.05, 3.63) is 68.0 Å². The number of nitrogens with one attached hydrogen (secondary N) is 2. The fraction of sp³-hybridized carbons (Fsp3) is 0.286. The molecule has 0 amide bonds. The van der Waals surface area contributed by atoms with Crippen molar-refractivity contribution in [2.75, 3.05) is 6.54 Å². The molecule has 0 radical (unpaired) electrons. The van der Waals surface area contributed by atoms with E-state index in [1.54, 1.807) is 0 Å². The molecule has 0 aliphatic carbocycles. The fourth-order valence-corrected chi connectivity index (χ4v) is 2.51. The van der Waals surface area contributed by atoms with E-state index in [4.69, 9.17) is 0 Å². The number of aromatic nitrogens is 2. The van der Waals surface area contributed by atoms with Crippen LogP contribution in [0.25, 0.3) is 0 Å². The third-order valence-corrected chi connectivity index (χ3v) is 3.44. The van der Waals surface area contributed by atoms with E-state index in [1.165, 1.54) is 5.56 Å². The highest BCUT2D eigenvalue weighted by Gasteiger charge is 2.19. The highest BCUT2D eigenvalue weighted by molar-refractivity contribution is 5.20. The Balaban J connectivity index is 1.83. The summed E-state index contributed by atoms with van der Waals surface area (Å²) in [5.74, 6) is 0. The van der Waals surface area contributed by atoms with Gasteiger partial charge in [-0.05, 0) is 12.0 Å². The van der Waals surface area contributed by atoms with E-state index in [0.29, 0.717) is 18.5 Å². The van der Waals surface area contributed by atoms with Crippen molar-refractivity contribution in [1.82, 2.24) is 14.9 Å². The van der Waals surface area contributed by atoms with E-state index < -0.39 is 5.69 Å². The zero-order valence-electron chi connectivity index (χ0n) is 10.5.